The molecule has 1 rings (SSSR count). The van der Waals surface area contributed by atoms with Crippen molar-refractivity contribution in [2.75, 3.05) is 27.4 Å². The maximum absolute atomic E-state index is 11.0. The lowest BCUT2D eigenvalue weighted by Gasteiger charge is -2.11. The van der Waals surface area contributed by atoms with E-state index in [1.165, 1.54) is 7.11 Å². The van der Waals surface area contributed by atoms with E-state index in [1.54, 1.807) is 13.2 Å². The lowest BCUT2D eigenvalue weighted by molar-refractivity contribution is -0.142. The van der Waals surface area contributed by atoms with Gasteiger partial charge in [0, 0.05) is 6.54 Å². The van der Waals surface area contributed by atoms with Gasteiger partial charge in [0.1, 0.15) is 0 Å². The summed E-state index contributed by atoms with van der Waals surface area (Å²) in [6, 6.07) is 5.64. The van der Waals surface area contributed by atoms with E-state index in [-0.39, 0.29) is 6.61 Å². The van der Waals surface area contributed by atoms with Gasteiger partial charge >= 0.3 is 5.97 Å². The van der Waals surface area contributed by atoms with Crippen LogP contribution in [0.25, 0.3) is 0 Å². The molecule has 0 aliphatic heterocycles. The molecule has 0 bridgehead atoms. The molecule has 0 aliphatic carbocycles. The van der Waals surface area contributed by atoms with E-state index in [0.29, 0.717) is 11.5 Å². The molecule has 0 amide bonds. The zero-order chi connectivity index (χ0) is 14.1. The highest BCUT2D eigenvalue weighted by atomic mass is 16.6. The zero-order valence-corrected chi connectivity index (χ0v) is 11.7. The minimum Gasteiger partial charge on any atom is -0.493 e. The molecule has 0 fully saturated rings. The SMILES string of the molecule is CCCNCc1ccc(OCC(=O)OC)c(OC)c1. The van der Waals surface area contributed by atoms with Crippen molar-refractivity contribution in [3.05, 3.63) is 23.8 Å². The van der Waals surface area contributed by atoms with Crippen molar-refractivity contribution in [2.45, 2.75) is 19.9 Å². The number of methoxy groups -OCH3 is 2. The minimum atomic E-state index is -0.421. The molecule has 0 saturated carbocycles. The Balaban J connectivity index is 2.64. The number of esters is 1. The van der Waals surface area contributed by atoms with Crippen molar-refractivity contribution < 1.29 is 19.0 Å². The van der Waals surface area contributed by atoms with Gasteiger partial charge in [-0.1, -0.05) is 13.0 Å². The molecule has 0 radical (unpaired) electrons. The number of hydrogen-bond donors (Lipinski definition) is 1. The molecular formula is C14H21NO4. The molecule has 0 aromatic heterocycles. The Morgan fingerprint density at radius 3 is 2.68 bits per heavy atom. The molecule has 1 N–H and O–H groups in total. The van der Waals surface area contributed by atoms with E-state index < -0.39 is 5.97 Å². The van der Waals surface area contributed by atoms with Crippen LogP contribution in [0.5, 0.6) is 11.5 Å². The fraction of sp³-hybridized carbons (Fsp3) is 0.500. The molecule has 0 aliphatic rings. The maximum Gasteiger partial charge on any atom is 0.343 e. The maximum atomic E-state index is 11.0. The average Bonchev–Trinajstić information content (AvgIpc) is 2.45. The van der Waals surface area contributed by atoms with Gasteiger partial charge in [0.2, 0.25) is 0 Å². The molecule has 1 aromatic rings. The molecule has 0 spiro atoms. The van der Waals surface area contributed by atoms with Crippen molar-refractivity contribution in [3.8, 4) is 11.5 Å². The highest BCUT2D eigenvalue weighted by molar-refractivity contribution is 5.71. The van der Waals surface area contributed by atoms with E-state index in [4.69, 9.17) is 9.47 Å². The van der Waals surface area contributed by atoms with Crippen molar-refractivity contribution >= 4 is 5.97 Å². The van der Waals surface area contributed by atoms with Crippen molar-refractivity contribution in [1.82, 2.24) is 5.32 Å². The zero-order valence-electron chi connectivity index (χ0n) is 11.7. The quantitative estimate of drug-likeness (QED) is 0.574. The third kappa shape index (κ3) is 5.18. The molecule has 0 saturated heterocycles. The Labute approximate surface area is 113 Å². The van der Waals surface area contributed by atoms with Gasteiger partial charge in [-0.25, -0.2) is 4.79 Å². The number of carbonyl (C=O) groups is 1. The first kappa shape index (κ1) is 15.3. The molecule has 19 heavy (non-hydrogen) atoms. The minimum absolute atomic E-state index is 0.125. The Hall–Kier alpha value is -1.75. The molecule has 0 unspecified atom stereocenters. The van der Waals surface area contributed by atoms with Crippen LogP contribution >= 0.6 is 0 Å². The van der Waals surface area contributed by atoms with Gasteiger partial charge in [0.05, 0.1) is 14.2 Å². The van der Waals surface area contributed by atoms with Crippen LogP contribution in [0.3, 0.4) is 0 Å². The van der Waals surface area contributed by atoms with Crippen LogP contribution in [0.2, 0.25) is 0 Å². The summed E-state index contributed by atoms with van der Waals surface area (Å²) in [6.07, 6.45) is 1.09. The summed E-state index contributed by atoms with van der Waals surface area (Å²) in [5.41, 5.74) is 1.11. The Morgan fingerprint density at radius 2 is 2.05 bits per heavy atom. The van der Waals surface area contributed by atoms with E-state index in [2.05, 4.69) is 17.0 Å². The third-order valence-corrected chi connectivity index (χ3v) is 2.56. The first-order valence-corrected chi connectivity index (χ1v) is 6.28. The number of nitrogens with one attached hydrogen (secondary N) is 1. The third-order valence-electron chi connectivity index (χ3n) is 2.56. The molecule has 5 nitrogen and oxygen atoms in total. The molecule has 106 valence electrons. The lowest BCUT2D eigenvalue weighted by Crippen LogP contribution is -2.14. The second-order valence-corrected chi connectivity index (χ2v) is 4.03. The highest BCUT2D eigenvalue weighted by Crippen LogP contribution is 2.28. The predicted molar refractivity (Wildman–Crippen MR) is 72.5 cm³/mol. The largest absolute Gasteiger partial charge is 0.493 e. The van der Waals surface area contributed by atoms with Crippen molar-refractivity contribution in [2.24, 2.45) is 0 Å². The summed E-state index contributed by atoms with van der Waals surface area (Å²) < 4.78 is 15.1. The second kappa shape index (κ2) is 8.37. The van der Waals surface area contributed by atoms with Crippen LogP contribution < -0.4 is 14.8 Å². The fourth-order valence-electron chi connectivity index (χ4n) is 1.55. The van der Waals surface area contributed by atoms with Gasteiger partial charge in [-0.15, -0.1) is 0 Å². The number of ether oxygens (including phenoxy) is 3. The summed E-state index contributed by atoms with van der Waals surface area (Å²) in [5.74, 6) is 0.725. The van der Waals surface area contributed by atoms with Gasteiger partial charge in [0.25, 0.3) is 0 Å². The number of carbonyl (C=O) groups excluding carboxylic acids is 1. The first-order valence-electron chi connectivity index (χ1n) is 6.28. The monoisotopic (exact) mass is 267 g/mol. The summed E-state index contributed by atoms with van der Waals surface area (Å²) >= 11 is 0. The van der Waals surface area contributed by atoms with E-state index in [9.17, 15) is 4.79 Å². The van der Waals surface area contributed by atoms with Crippen LogP contribution in [-0.4, -0.2) is 33.3 Å². The number of rotatable bonds is 8. The fourth-order valence-corrected chi connectivity index (χ4v) is 1.55. The van der Waals surface area contributed by atoms with Crippen LogP contribution in [0.1, 0.15) is 18.9 Å². The van der Waals surface area contributed by atoms with E-state index >= 15 is 0 Å². The van der Waals surface area contributed by atoms with Gasteiger partial charge < -0.3 is 19.5 Å². The van der Waals surface area contributed by atoms with Gasteiger partial charge in [-0.3, -0.25) is 0 Å². The van der Waals surface area contributed by atoms with Gasteiger partial charge in [-0.2, -0.15) is 0 Å². The number of hydrogen-bond acceptors (Lipinski definition) is 5. The Kier molecular flexibility index (Phi) is 6.74. The average molecular weight is 267 g/mol. The van der Waals surface area contributed by atoms with Crippen molar-refractivity contribution in [3.63, 3.8) is 0 Å². The van der Waals surface area contributed by atoms with Crippen molar-refractivity contribution in [1.29, 1.82) is 0 Å². The Bertz CT molecular complexity index is 406. The van der Waals surface area contributed by atoms with Crippen LogP contribution in [0.4, 0.5) is 0 Å². The van der Waals surface area contributed by atoms with Crippen LogP contribution in [-0.2, 0) is 16.1 Å². The lowest BCUT2D eigenvalue weighted by atomic mass is 10.2. The molecule has 5 heteroatoms. The smallest absolute Gasteiger partial charge is 0.343 e. The van der Waals surface area contributed by atoms with E-state index in [1.807, 2.05) is 12.1 Å². The van der Waals surface area contributed by atoms with Gasteiger partial charge in [0.15, 0.2) is 18.1 Å². The van der Waals surface area contributed by atoms with Crippen LogP contribution in [0.15, 0.2) is 18.2 Å². The van der Waals surface area contributed by atoms with E-state index in [0.717, 1.165) is 25.1 Å². The molecule has 1 aromatic carbocycles. The second-order valence-electron chi connectivity index (χ2n) is 4.03. The summed E-state index contributed by atoms with van der Waals surface area (Å²) in [6.45, 7) is 3.75. The highest BCUT2D eigenvalue weighted by Gasteiger charge is 2.08. The van der Waals surface area contributed by atoms with Gasteiger partial charge in [-0.05, 0) is 30.7 Å². The first-order chi connectivity index (χ1) is 9.21. The topological polar surface area (TPSA) is 56.8 Å². The molecular weight excluding hydrogens is 246 g/mol. The summed E-state index contributed by atoms with van der Waals surface area (Å²) in [5, 5.41) is 3.31. The standard InChI is InChI=1S/C14H21NO4/c1-4-7-15-9-11-5-6-12(13(8-11)17-2)19-10-14(16)18-3/h5-6,8,15H,4,7,9-10H2,1-3H3. The molecule has 0 heterocycles. The predicted octanol–water partition coefficient (Wildman–Crippen LogP) is 1.75. The van der Waals surface area contributed by atoms with Crippen LogP contribution in [0, 0.1) is 0 Å². The summed E-state index contributed by atoms with van der Waals surface area (Å²) in [4.78, 5) is 11.0. The summed E-state index contributed by atoms with van der Waals surface area (Å²) in [7, 11) is 2.90. The normalized spacial score (nSPS) is 10.1. The Morgan fingerprint density at radius 1 is 1.26 bits per heavy atom. The molecule has 0 atom stereocenters. The number of benzene rings is 1.